The number of nitrogens with one attached hydrogen (secondary N) is 1. The van der Waals surface area contributed by atoms with Crippen molar-refractivity contribution in [2.45, 2.75) is 13.1 Å². The Morgan fingerprint density at radius 2 is 1.93 bits per heavy atom. The predicted octanol–water partition coefficient (Wildman–Crippen LogP) is 4.58. The smallest absolute Gasteiger partial charge is 0.358 e. The van der Waals surface area contributed by atoms with Crippen LogP contribution in [0.1, 0.15) is 21.5 Å². The van der Waals surface area contributed by atoms with Gasteiger partial charge in [0.15, 0.2) is 5.75 Å². The first-order chi connectivity index (χ1) is 13.1. The zero-order valence-electron chi connectivity index (χ0n) is 14.2. The summed E-state index contributed by atoms with van der Waals surface area (Å²) in [6.07, 6.45) is -2.20. The molecule has 0 aliphatic rings. The van der Waals surface area contributed by atoms with Crippen LogP contribution in [-0.2, 0) is 6.18 Å². The highest BCUT2D eigenvalue weighted by Gasteiger charge is 2.33. The molecule has 1 aromatic heterocycles. The molecular weight excluding hydrogens is 385 g/mol. The second-order valence-electron chi connectivity index (χ2n) is 5.73. The van der Waals surface area contributed by atoms with Gasteiger partial charge in [0.1, 0.15) is 11.6 Å². The van der Waals surface area contributed by atoms with Crippen molar-refractivity contribution in [1.82, 2.24) is 9.94 Å². The topological polar surface area (TPSA) is 56.1 Å². The van der Waals surface area contributed by atoms with E-state index < -0.39 is 29.3 Å². The van der Waals surface area contributed by atoms with E-state index in [0.29, 0.717) is 6.07 Å². The fraction of sp³-hybridized carbons (Fsp3) is 0.111. The van der Waals surface area contributed by atoms with E-state index in [1.807, 2.05) is 0 Å². The fourth-order valence-electron chi connectivity index (χ4n) is 2.41. The summed E-state index contributed by atoms with van der Waals surface area (Å²) in [5.74, 6) is -2.81. The summed E-state index contributed by atoms with van der Waals surface area (Å²) in [6.45, 7) is 1.25. The first-order valence-corrected chi connectivity index (χ1v) is 7.81. The van der Waals surface area contributed by atoms with E-state index in [0.717, 1.165) is 29.2 Å². The fourth-order valence-corrected chi connectivity index (χ4v) is 2.41. The van der Waals surface area contributed by atoms with Gasteiger partial charge < -0.3 is 10.2 Å². The quantitative estimate of drug-likeness (QED) is 0.656. The summed E-state index contributed by atoms with van der Waals surface area (Å²) in [4.78, 5) is 18.2. The molecule has 0 saturated carbocycles. The van der Waals surface area contributed by atoms with Crippen LogP contribution >= 0.6 is 0 Å². The lowest BCUT2D eigenvalue weighted by molar-refractivity contribution is -0.138. The van der Waals surface area contributed by atoms with Crippen molar-refractivity contribution >= 4 is 11.6 Å². The Morgan fingerprint density at radius 3 is 2.61 bits per heavy atom. The zero-order valence-corrected chi connectivity index (χ0v) is 14.2. The molecular formula is C18H12F5N3O2. The van der Waals surface area contributed by atoms with E-state index >= 15 is 0 Å². The molecule has 0 spiro atoms. The lowest BCUT2D eigenvalue weighted by atomic mass is 10.1. The molecule has 3 aromatic rings. The minimum absolute atomic E-state index is 0.0830. The maximum atomic E-state index is 13.6. The van der Waals surface area contributed by atoms with E-state index in [9.17, 15) is 26.7 Å². The minimum atomic E-state index is -4.54. The number of carbonyl (C=O) groups is 1. The number of nitrogens with zero attached hydrogens (tertiary/aromatic N) is 2. The molecule has 0 bridgehead atoms. The lowest BCUT2D eigenvalue weighted by Crippen LogP contribution is -2.14. The number of carbonyl (C=O) groups excluding carboxylic acids is 1. The molecule has 0 aliphatic heterocycles. The van der Waals surface area contributed by atoms with Gasteiger partial charge in [0.2, 0.25) is 0 Å². The summed E-state index contributed by atoms with van der Waals surface area (Å²) in [5.41, 5.74) is -1.27. The van der Waals surface area contributed by atoms with Crippen LogP contribution < -0.4 is 10.2 Å². The summed E-state index contributed by atoms with van der Waals surface area (Å²) < 4.78 is 65.4. The number of alkyl halides is 3. The zero-order chi connectivity index (χ0) is 20.5. The van der Waals surface area contributed by atoms with Gasteiger partial charge in [-0.1, -0.05) is 10.9 Å². The van der Waals surface area contributed by atoms with Crippen LogP contribution in [0.5, 0.6) is 5.75 Å². The van der Waals surface area contributed by atoms with Crippen LogP contribution in [0.4, 0.5) is 27.6 Å². The third-order valence-corrected chi connectivity index (χ3v) is 3.78. The molecule has 0 saturated heterocycles. The number of amides is 1. The number of rotatable bonds is 4. The second-order valence-corrected chi connectivity index (χ2v) is 5.73. The average Bonchev–Trinajstić information content (AvgIpc) is 3.02. The highest BCUT2D eigenvalue weighted by molar-refractivity contribution is 6.04. The lowest BCUT2D eigenvalue weighted by Gasteiger charge is -2.13. The summed E-state index contributed by atoms with van der Waals surface area (Å²) in [6, 6.07) is 5.92. The van der Waals surface area contributed by atoms with Crippen molar-refractivity contribution in [3.63, 3.8) is 0 Å². The van der Waals surface area contributed by atoms with Crippen LogP contribution in [0.25, 0.3) is 0 Å². The Hall–Kier alpha value is -3.43. The third kappa shape index (κ3) is 4.11. The SMILES string of the molecule is Cc1c(On2cc(NC(=O)c3ccc(F)cc3F)cn2)cccc1C(F)(F)F. The normalized spacial score (nSPS) is 11.4. The molecule has 3 rings (SSSR count). The molecule has 10 heteroatoms. The highest BCUT2D eigenvalue weighted by atomic mass is 19.4. The molecule has 0 fully saturated rings. The standard InChI is InChI=1S/C18H12F5N3O2/c1-10-14(18(21,22)23)3-2-4-16(10)28-26-9-12(8-24-26)25-17(27)13-6-5-11(19)7-15(13)20/h2-9H,1H3,(H,25,27). The van der Waals surface area contributed by atoms with E-state index in [2.05, 4.69) is 10.4 Å². The van der Waals surface area contributed by atoms with Crippen molar-refractivity contribution in [2.75, 3.05) is 5.32 Å². The van der Waals surface area contributed by atoms with Gasteiger partial charge in [-0.25, -0.2) is 8.78 Å². The molecule has 1 heterocycles. The van der Waals surface area contributed by atoms with Gasteiger partial charge >= 0.3 is 6.18 Å². The van der Waals surface area contributed by atoms with Crippen LogP contribution in [0.3, 0.4) is 0 Å². The summed E-state index contributed by atoms with van der Waals surface area (Å²) in [7, 11) is 0. The largest absolute Gasteiger partial charge is 0.416 e. The number of hydrogen-bond donors (Lipinski definition) is 1. The Kier molecular flexibility index (Phi) is 5.04. The van der Waals surface area contributed by atoms with Crippen molar-refractivity contribution in [3.05, 3.63) is 77.1 Å². The maximum Gasteiger partial charge on any atom is 0.416 e. The maximum absolute atomic E-state index is 13.6. The molecule has 5 nitrogen and oxygen atoms in total. The number of halogens is 5. The Morgan fingerprint density at radius 1 is 1.18 bits per heavy atom. The van der Waals surface area contributed by atoms with Crippen LogP contribution in [0.15, 0.2) is 48.8 Å². The Bertz CT molecular complexity index is 1030. The predicted molar refractivity (Wildman–Crippen MR) is 88.7 cm³/mol. The summed E-state index contributed by atoms with van der Waals surface area (Å²) >= 11 is 0. The van der Waals surface area contributed by atoms with Gasteiger partial charge in [-0.15, -0.1) is 5.10 Å². The van der Waals surface area contributed by atoms with Crippen molar-refractivity contribution in [2.24, 2.45) is 0 Å². The number of benzene rings is 2. The van der Waals surface area contributed by atoms with Crippen molar-refractivity contribution < 1.29 is 31.6 Å². The van der Waals surface area contributed by atoms with Crippen molar-refractivity contribution in [3.8, 4) is 5.75 Å². The van der Waals surface area contributed by atoms with E-state index in [1.165, 1.54) is 25.3 Å². The van der Waals surface area contributed by atoms with Crippen LogP contribution in [0.2, 0.25) is 0 Å². The Labute approximate surface area is 155 Å². The van der Waals surface area contributed by atoms with Gasteiger partial charge in [0.25, 0.3) is 5.91 Å². The molecule has 0 aliphatic carbocycles. The molecule has 0 radical (unpaired) electrons. The number of aromatic nitrogens is 2. The molecule has 146 valence electrons. The number of hydrogen-bond acceptors (Lipinski definition) is 3. The first-order valence-electron chi connectivity index (χ1n) is 7.81. The van der Waals surface area contributed by atoms with Gasteiger partial charge in [-0.05, 0) is 31.2 Å². The average molecular weight is 397 g/mol. The van der Waals surface area contributed by atoms with Crippen molar-refractivity contribution in [1.29, 1.82) is 0 Å². The van der Waals surface area contributed by atoms with Gasteiger partial charge in [0.05, 0.1) is 29.2 Å². The van der Waals surface area contributed by atoms with Gasteiger partial charge in [0, 0.05) is 11.6 Å². The van der Waals surface area contributed by atoms with Gasteiger partial charge in [-0.2, -0.15) is 13.2 Å². The minimum Gasteiger partial charge on any atom is -0.358 e. The molecule has 1 amide bonds. The molecule has 0 atom stereocenters. The molecule has 2 aromatic carbocycles. The first kappa shape index (κ1) is 19.3. The molecule has 0 unspecified atom stereocenters. The second kappa shape index (κ2) is 7.29. The molecule has 28 heavy (non-hydrogen) atoms. The van der Waals surface area contributed by atoms with Crippen LogP contribution in [0, 0.1) is 18.6 Å². The molecule has 1 N–H and O–H groups in total. The Balaban J connectivity index is 1.75. The summed E-state index contributed by atoms with van der Waals surface area (Å²) in [5, 5.41) is 6.10. The number of anilines is 1. The van der Waals surface area contributed by atoms with E-state index in [4.69, 9.17) is 4.84 Å². The van der Waals surface area contributed by atoms with Gasteiger partial charge in [-0.3, -0.25) is 4.79 Å². The van der Waals surface area contributed by atoms with E-state index in [-0.39, 0.29) is 22.6 Å². The monoisotopic (exact) mass is 397 g/mol. The highest BCUT2D eigenvalue weighted by Crippen LogP contribution is 2.35. The van der Waals surface area contributed by atoms with E-state index in [1.54, 1.807) is 0 Å². The third-order valence-electron chi connectivity index (χ3n) is 3.78. The van der Waals surface area contributed by atoms with Crippen LogP contribution in [-0.4, -0.2) is 15.9 Å².